The molecule has 2 aromatic heterocycles. The van der Waals surface area contributed by atoms with Gasteiger partial charge in [-0.1, -0.05) is 24.3 Å². The normalized spacial score (nSPS) is 11.3. The van der Waals surface area contributed by atoms with E-state index in [0.717, 1.165) is 4.88 Å². The molecule has 148 valence electrons. The Morgan fingerprint density at radius 3 is 2.45 bits per heavy atom. The third-order valence-electron chi connectivity index (χ3n) is 4.28. The maximum atomic E-state index is 13.4. The van der Waals surface area contributed by atoms with E-state index in [-0.39, 0.29) is 11.4 Å². The molecule has 0 radical (unpaired) electrons. The van der Waals surface area contributed by atoms with E-state index in [0.29, 0.717) is 23.0 Å². The lowest BCUT2D eigenvalue weighted by Gasteiger charge is -2.23. The van der Waals surface area contributed by atoms with E-state index in [9.17, 15) is 8.42 Å². The molecule has 0 unspecified atom stereocenters. The lowest BCUT2D eigenvalue weighted by atomic mass is 10.3. The Morgan fingerprint density at radius 2 is 1.79 bits per heavy atom. The number of methoxy groups -OCH3 is 1. The smallest absolute Gasteiger partial charge is 0.264 e. The summed E-state index contributed by atoms with van der Waals surface area (Å²) in [7, 11) is -2.24. The summed E-state index contributed by atoms with van der Waals surface area (Å²) in [6.45, 7) is 0.0401. The molecule has 0 N–H and O–H groups in total. The Balaban J connectivity index is 1.72. The average molecular weight is 427 g/mol. The zero-order valence-electron chi connectivity index (χ0n) is 15.6. The first-order valence-electron chi connectivity index (χ1n) is 8.78. The summed E-state index contributed by atoms with van der Waals surface area (Å²) in [6, 6.07) is 19.0. The zero-order valence-corrected chi connectivity index (χ0v) is 17.2. The van der Waals surface area contributed by atoms with Gasteiger partial charge in [0.15, 0.2) is 0 Å². The molecule has 4 rings (SSSR count). The summed E-state index contributed by atoms with van der Waals surface area (Å²) in [5.41, 5.74) is 1.03. The first kappa shape index (κ1) is 19.2. The van der Waals surface area contributed by atoms with Crippen LogP contribution in [0.15, 0.2) is 87.7 Å². The topological polar surface area (TPSA) is 72.6 Å². The van der Waals surface area contributed by atoms with Gasteiger partial charge >= 0.3 is 0 Å². The number of hydrogen-bond acceptors (Lipinski definition) is 6. The molecular formula is C21H18N2O4S2. The number of thiophene rings is 1. The van der Waals surface area contributed by atoms with Crippen LogP contribution in [0.25, 0.3) is 10.8 Å². The summed E-state index contributed by atoms with van der Waals surface area (Å²) < 4.78 is 38.8. The van der Waals surface area contributed by atoms with Crippen LogP contribution in [-0.2, 0) is 16.6 Å². The molecule has 0 aliphatic carbocycles. The van der Waals surface area contributed by atoms with Crippen LogP contribution in [0.1, 0.15) is 5.69 Å². The summed E-state index contributed by atoms with van der Waals surface area (Å²) >= 11 is 1.51. The van der Waals surface area contributed by atoms with Gasteiger partial charge in [0.2, 0.25) is 5.89 Å². The molecule has 0 atom stereocenters. The molecule has 4 aromatic rings. The second-order valence-electron chi connectivity index (χ2n) is 6.14. The fourth-order valence-corrected chi connectivity index (χ4v) is 4.94. The van der Waals surface area contributed by atoms with Crippen molar-refractivity contribution in [1.29, 1.82) is 0 Å². The van der Waals surface area contributed by atoms with Crippen LogP contribution in [0, 0.1) is 0 Å². The van der Waals surface area contributed by atoms with Crippen LogP contribution >= 0.6 is 11.3 Å². The Hall–Kier alpha value is -3.10. The lowest BCUT2D eigenvalue weighted by Crippen LogP contribution is -2.30. The van der Waals surface area contributed by atoms with E-state index in [1.54, 1.807) is 61.7 Å². The predicted octanol–water partition coefficient (Wildman–Crippen LogP) is 4.81. The van der Waals surface area contributed by atoms with Crippen LogP contribution in [0.3, 0.4) is 0 Å². The first-order valence-corrected chi connectivity index (χ1v) is 11.1. The molecule has 8 heteroatoms. The van der Waals surface area contributed by atoms with E-state index < -0.39 is 10.0 Å². The molecule has 0 fully saturated rings. The summed E-state index contributed by atoms with van der Waals surface area (Å²) in [5.74, 6) is 1.12. The maximum Gasteiger partial charge on any atom is 0.264 e. The van der Waals surface area contributed by atoms with Crippen molar-refractivity contribution in [3.63, 3.8) is 0 Å². The quantitative estimate of drug-likeness (QED) is 0.424. The number of sulfonamides is 1. The number of rotatable bonds is 7. The lowest BCUT2D eigenvalue weighted by molar-refractivity contribution is 0.415. The van der Waals surface area contributed by atoms with Gasteiger partial charge in [-0.3, -0.25) is 4.31 Å². The predicted molar refractivity (Wildman–Crippen MR) is 113 cm³/mol. The number of anilines is 1. The molecule has 6 nitrogen and oxygen atoms in total. The van der Waals surface area contributed by atoms with Crippen molar-refractivity contribution in [3.8, 4) is 16.5 Å². The van der Waals surface area contributed by atoms with Gasteiger partial charge in [-0.05, 0) is 47.8 Å². The van der Waals surface area contributed by atoms with Crippen LogP contribution in [0.2, 0.25) is 0 Å². The third kappa shape index (κ3) is 4.03. The van der Waals surface area contributed by atoms with Crippen LogP contribution in [-0.4, -0.2) is 20.5 Å². The van der Waals surface area contributed by atoms with Gasteiger partial charge in [-0.15, -0.1) is 11.3 Å². The van der Waals surface area contributed by atoms with Gasteiger partial charge in [-0.25, -0.2) is 13.4 Å². The Bertz CT molecular complexity index is 1170. The highest BCUT2D eigenvalue weighted by Gasteiger charge is 2.26. The minimum atomic E-state index is -3.80. The number of aromatic nitrogens is 1. The van der Waals surface area contributed by atoms with Gasteiger partial charge in [0, 0.05) is 0 Å². The van der Waals surface area contributed by atoms with Crippen molar-refractivity contribution in [1.82, 2.24) is 4.98 Å². The second-order valence-corrected chi connectivity index (χ2v) is 8.95. The van der Waals surface area contributed by atoms with Crippen LogP contribution in [0.5, 0.6) is 5.75 Å². The number of hydrogen-bond donors (Lipinski definition) is 0. The fourth-order valence-electron chi connectivity index (χ4n) is 2.82. The average Bonchev–Trinajstić information content (AvgIpc) is 3.44. The van der Waals surface area contributed by atoms with E-state index >= 15 is 0 Å². The second kappa shape index (κ2) is 8.10. The van der Waals surface area contributed by atoms with Crippen molar-refractivity contribution in [2.75, 3.05) is 11.4 Å². The van der Waals surface area contributed by atoms with Crippen molar-refractivity contribution in [3.05, 3.63) is 84.1 Å². The van der Waals surface area contributed by atoms with Crippen LogP contribution in [0.4, 0.5) is 5.69 Å². The van der Waals surface area contributed by atoms with Gasteiger partial charge in [0.25, 0.3) is 10.0 Å². The molecule has 0 aliphatic rings. The van der Waals surface area contributed by atoms with Crippen molar-refractivity contribution < 1.29 is 17.6 Å². The molecule has 0 bridgehead atoms. The third-order valence-corrected chi connectivity index (χ3v) is 6.93. The minimum Gasteiger partial charge on any atom is -0.497 e. The molecule has 0 saturated heterocycles. The molecule has 0 aliphatic heterocycles. The fraction of sp³-hybridized carbons (Fsp3) is 0.0952. The van der Waals surface area contributed by atoms with Gasteiger partial charge < -0.3 is 9.15 Å². The molecule has 0 amide bonds. The summed E-state index contributed by atoms with van der Waals surface area (Å²) in [5, 5.41) is 1.93. The maximum absolute atomic E-state index is 13.4. The first-order chi connectivity index (χ1) is 14.1. The Morgan fingerprint density at radius 1 is 1.03 bits per heavy atom. The number of ether oxygens (including phenoxy) is 1. The molecule has 0 spiro atoms. The standard InChI is InChI=1S/C21H18N2O4S2/c1-26-18-11-9-17(10-12-18)23(29(24,25)19-6-3-2-4-7-19)14-16-15-27-21(22-16)20-8-5-13-28-20/h2-13,15H,14H2,1H3. The van der Waals surface area contributed by atoms with Gasteiger partial charge in [0.1, 0.15) is 17.7 Å². The highest BCUT2D eigenvalue weighted by molar-refractivity contribution is 7.92. The molecular weight excluding hydrogens is 408 g/mol. The molecule has 29 heavy (non-hydrogen) atoms. The van der Waals surface area contributed by atoms with E-state index in [2.05, 4.69) is 4.98 Å². The van der Waals surface area contributed by atoms with Crippen LogP contribution < -0.4 is 9.04 Å². The Labute approximate surface area is 173 Å². The number of nitrogens with zero attached hydrogens (tertiary/aromatic N) is 2. The Kier molecular flexibility index (Phi) is 5.37. The van der Waals surface area contributed by atoms with Gasteiger partial charge in [-0.2, -0.15) is 0 Å². The molecule has 2 aromatic carbocycles. The summed E-state index contributed by atoms with van der Waals surface area (Å²) in [4.78, 5) is 5.57. The molecule has 2 heterocycles. The van der Waals surface area contributed by atoms with Crippen molar-refractivity contribution >= 4 is 27.0 Å². The monoisotopic (exact) mass is 426 g/mol. The number of oxazole rings is 1. The van der Waals surface area contributed by atoms with E-state index in [4.69, 9.17) is 9.15 Å². The highest BCUT2D eigenvalue weighted by atomic mass is 32.2. The largest absolute Gasteiger partial charge is 0.497 e. The zero-order chi connectivity index (χ0) is 20.3. The molecule has 0 saturated carbocycles. The van der Waals surface area contributed by atoms with E-state index in [1.807, 2.05) is 17.5 Å². The van der Waals surface area contributed by atoms with Crippen molar-refractivity contribution in [2.24, 2.45) is 0 Å². The minimum absolute atomic E-state index is 0.0401. The van der Waals surface area contributed by atoms with Gasteiger partial charge in [0.05, 0.1) is 29.1 Å². The van der Waals surface area contributed by atoms with E-state index in [1.165, 1.54) is 21.9 Å². The summed E-state index contributed by atoms with van der Waals surface area (Å²) in [6.07, 6.45) is 1.49. The highest BCUT2D eigenvalue weighted by Crippen LogP contribution is 2.29. The van der Waals surface area contributed by atoms with Crippen molar-refractivity contribution in [2.45, 2.75) is 11.4 Å². The SMILES string of the molecule is COc1ccc(N(Cc2coc(-c3cccs3)n2)S(=O)(=O)c2ccccc2)cc1. The number of benzene rings is 2.